The van der Waals surface area contributed by atoms with Crippen molar-refractivity contribution in [1.29, 1.82) is 0 Å². The van der Waals surface area contributed by atoms with Gasteiger partial charge in [-0.25, -0.2) is 0 Å². The Morgan fingerprint density at radius 1 is 0.857 bits per heavy atom. The van der Waals surface area contributed by atoms with Gasteiger partial charge in [-0.2, -0.15) is 13.2 Å². The molecule has 0 N–H and O–H groups in total. The van der Waals surface area contributed by atoms with E-state index in [9.17, 15) is 22.8 Å². The summed E-state index contributed by atoms with van der Waals surface area (Å²) in [5.74, 6) is -0.999. The molecule has 0 atom stereocenters. The monoisotopic (exact) mass is 308 g/mol. The van der Waals surface area contributed by atoms with E-state index in [0.29, 0.717) is 12.8 Å². The van der Waals surface area contributed by atoms with Crippen molar-refractivity contribution in [3.8, 4) is 0 Å². The van der Waals surface area contributed by atoms with Gasteiger partial charge < -0.3 is 9.47 Å². The molecule has 1 aliphatic rings. The lowest BCUT2D eigenvalue weighted by atomic mass is 10.0. The summed E-state index contributed by atoms with van der Waals surface area (Å²) in [5, 5.41) is 0. The Balaban J connectivity index is 2.79. The third-order valence-electron chi connectivity index (χ3n) is 3.22. The number of esters is 2. The zero-order valence-electron chi connectivity index (χ0n) is 11.9. The molecular formula is C14H19F3O4. The standard InChI is InChI=1S/C14H19F3O4/c1-10-6-8-20-12(18)4-2-3-5-13(19)21-9-7-11(10)14(15,16)17/h2-9H2,1H3/b11-10-. The zero-order valence-corrected chi connectivity index (χ0v) is 11.9. The molecule has 1 rings (SSSR count). The van der Waals surface area contributed by atoms with Crippen LogP contribution in [0.3, 0.4) is 0 Å². The van der Waals surface area contributed by atoms with Crippen LogP contribution in [0.2, 0.25) is 0 Å². The van der Waals surface area contributed by atoms with Gasteiger partial charge in [0.25, 0.3) is 0 Å². The fourth-order valence-electron chi connectivity index (χ4n) is 2.02. The van der Waals surface area contributed by atoms with Gasteiger partial charge in [0.15, 0.2) is 0 Å². The third-order valence-corrected chi connectivity index (χ3v) is 3.22. The average Bonchev–Trinajstić information content (AvgIpc) is 2.37. The smallest absolute Gasteiger partial charge is 0.412 e. The van der Waals surface area contributed by atoms with E-state index in [-0.39, 0.29) is 44.5 Å². The van der Waals surface area contributed by atoms with Crippen LogP contribution in [0.5, 0.6) is 0 Å². The Kier molecular flexibility index (Phi) is 6.71. The number of ether oxygens (including phenoxy) is 2. The number of alkyl halides is 3. The third kappa shape index (κ3) is 6.64. The van der Waals surface area contributed by atoms with Crippen LogP contribution in [0.15, 0.2) is 11.1 Å². The number of halogens is 3. The molecule has 21 heavy (non-hydrogen) atoms. The molecule has 4 nitrogen and oxygen atoms in total. The van der Waals surface area contributed by atoms with Crippen molar-refractivity contribution in [3.63, 3.8) is 0 Å². The van der Waals surface area contributed by atoms with Gasteiger partial charge in [-0.1, -0.05) is 5.57 Å². The topological polar surface area (TPSA) is 52.6 Å². The summed E-state index contributed by atoms with van der Waals surface area (Å²) in [5.41, 5.74) is -0.619. The number of rotatable bonds is 0. The normalized spacial score (nSPS) is 24.0. The summed E-state index contributed by atoms with van der Waals surface area (Å²) >= 11 is 0. The van der Waals surface area contributed by atoms with E-state index < -0.39 is 23.7 Å². The van der Waals surface area contributed by atoms with Gasteiger partial charge in [0.2, 0.25) is 0 Å². The quantitative estimate of drug-likeness (QED) is 0.509. The highest BCUT2D eigenvalue weighted by molar-refractivity contribution is 5.70. The van der Waals surface area contributed by atoms with Crippen molar-refractivity contribution >= 4 is 11.9 Å². The van der Waals surface area contributed by atoms with E-state index in [1.807, 2.05) is 0 Å². The molecule has 7 heteroatoms. The van der Waals surface area contributed by atoms with Crippen molar-refractivity contribution in [2.75, 3.05) is 13.2 Å². The Hall–Kier alpha value is -1.53. The largest absolute Gasteiger partial charge is 0.465 e. The highest BCUT2D eigenvalue weighted by Crippen LogP contribution is 2.32. The van der Waals surface area contributed by atoms with Crippen LogP contribution >= 0.6 is 0 Å². The van der Waals surface area contributed by atoms with E-state index in [2.05, 4.69) is 0 Å². The average molecular weight is 308 g/mol. The molecule has 0 aromatic heterocycles. The molecule has 0 amide bonds. The minimum Gasteiger partial charge on any atom is -0.465 e. The van der Waals surface area contributed by atoms with Crippen molar-refractivity contribution in [3.05, 3.63) is 11.1 Å². The molecule has 0 bridgehead atoms. The summed E-state index contributed by atoms with van der Waals surface area (Å²) in [7, 11) is 0. The number of hydrogen-bond donors (Lipinski definition) is 0. The first kappa shape index (κ1) is 17.5. The summed E-state index contributed by atoms with van der Waals surface area (Å²) in [6.45, 7) is 0.999. The molecule has 0 saturated heterocycles. The second kappa shape index (κ2) is 8.05. The summed E-state index contributed by atoms with van der Waals surface area (Å²) in [4.78, 5) is 22.7. The van der Waals surface area contributed by atoms with Crippen LogP contribution in [0.25, 0.3) is 0 Å². The molecule has 0 fully saturated rings. The lowest BCUT2D eigenvalue weighted by molar-refractivity contribution is -0.146. The number of carbonyl (C=O) groups is 2. The zero-order chi connectivity index (χ0) is 15.9. The van der Waals surface area contributed by atoms with Crippen LogP contribution in [-0.2, 0) is 19.1 Å². The lowest BCUT2D eigenvalue weighted by Crippen LogP contribution is -2.18. The van der Waals surface area contributed by atoms with E-state index in [1.165, 1.54) is 6.92 Å². The van der Waals surface area contributed by atoms with Crippen LogP contribution in [-0.4, -0.2) is 31.3 Å². The Morgan fingerprint density at radius 2 is 1.33 bits per heavy atom. The molecule has 0 unspecified atom stereocenters. The Labute approximate surface area is 121 Å². The van der Waals surface area contributed by atoms with Crippen molar-refractivity contribution < 1.29 is 32.2 Å². The molecule has 0 aromatic rings. The van der Waals surface area contributed by atoms with E-state index in [4.69, 9.17) is 9.47 Å². The van der Waals surface area contributed by atoms with Gasteiger partial charge >= 0.3 is 18.1 Å². The SMILES string of the molecule is C/C1=C(/C(F)(F)F)CCOC(=O)CCCCC(=O)OCC1. The van der Waals surface area contributed by atoms with Crippen molar-refractivity contribution in [2.45, 2.75) is 51.6 Å². The van der Waals surface area contributed by atoms with Crippen LogP contribution in [0.4, 0.5) is 13.2 Å². The maximum Gasteiger partial charge on any atom is 0.412 e. The maximum absolute atomic E-state index is 12.9. The fraction of sp³-hybridized carbons (Fsp3) is 0.714. The minimum atomic E-state index is -4.47. The number of cyclic esters (lactones) is 2. The predicted octanol–water partition coefficient (Wildman–Crippen LogP) is 3.31. The molecule has 0 aromatic carbocycles. The van der Waals surface area contributed by atoms with Gasteiger partial charge in [-0.05, 0) is 19.8 Å². The Bertz CT molecular complexity index is 413. The van der Waals surface area contributed by atoms with E-state index >= 15 is 0 Å². The van der Waals surface area contributed by atoms with Gasteiger partial charge in [-0.3, -0.25) is 9.59 Å². The molecule has 0 saturated carbocycles. The van der Waals surface area contributed by atoms with Crippen LogP contribution in [0.1, 0.15) is 45.4 Å². The highest BCUT2D eigenvalue weighted by atomic mass is 19.4. The highest BCUT2D eigenvalue weighted by Gasteiger charge is 2.34. The molecular weight excluding hydrogens is 289 g/mol. The van der Waals surface area contributed by atoms with Crippen LogP contribution < -0.4 is 0 Å². The van der Waals surface area contributed by atoms with Gasteiger partial charge in [0.1, 0.15) is 0 Å². The number of hydrogen-bond acceptors (Lipinski definition) is 4. The van der Waals surface area contributed by atoms with Gasteiger partial charge in [0, 0.05) is 31.3 Å². The first-order valence-corrected chi connectivity index (χ1v) is 6.88. The summed E-state index contributed by atoms with van der Waals surface area (Å²) in [6.07, 6.45) is -3.63. The van der Waals surface area contributed by atoms with Crippen molar-refractivity contribution in [1.82, 2.24) is 0 Å². The number of carbonyl (C=O) groups excluding carboxylic acids is 2. The second-order valence-corrected chi connectivity index (χ2v) is 4.90. The first-order chi connectivity index (χ1) is 9.80. The molecule has 1 heterocycles. The molecule has 0 radical (unpaired) electrons. The molecule has 120 valence electrons. The van der Waals surface area contributed by atoms with E-state index in [1.54, 1.807) is 0 Å². The molecule has 0 spiro atoms. The van der Waals surface area contributed by atoms with E-state index in [0.717, 1.165) is 0 Å². The second-order valence-electron chi connectivity index (χ2n) is 4.90. The summed E-state index contributed by atoms with van der Waals surface area (Å²) in [6, 6.07) is 0. The molecule has 1 aliphatic heterocycles. The first-order valence-electron chi connectivity index (χ1n) is 6.88. The van der Waals surface area contributed by atoms with Crippen molar-refractivity contribution in [2.24, 2.45) is 0 Å². The van der Waals surface area contributed by atoms with Gasteiger partial charge in [0.05, 0.1) is 13.2 Å². The predicted molar refractivity (Wildman–Crippen MR) is 68.4 cm³/mol. The summed E-state index contributed by atoms with van der Waals surface area (Å²) < 4.78 is 48.5. The minimum absolute atomic E-state index is 0.0224. The Morgan fingerprint density at radius 3 is 1.81 bits per heavy atom. The van der Waals surface area contributed by atoms with Gasteiger partial charge in [-0.15, -0.1) is 0 Å². The van der Waals surface area contributed by atoms with Crippen LogP contribution in [0, 0.1) is 0 Å². The lowest BCUT2D eigenvalue weighted by Gasteiger charge is -2.16. The maximum atomic E-state index is 12.9. The molecule has 0 aliphatic carbocycles. The fourth-order valence-corrected chi connectivity index (χ4v) is 2.02.